The molecule has 1 saturated heterocycles. The summed E-state index contributed by atoms with van der Waals surface area (Å²) in [5, 5.41) is 9.74. The number of nitrogens with zero attached hydrogens (tertiary/aromatic N) is 3. The monoisotopic (exact) mass is 385 g/mol. The van der Waals surface area contributed by atoms with Crippen molar-refractivity contribution in [2.75, 3.05) is 18.4 Å². The van der Waals surface area contributed by atoms with Crippen molar-refractivity contribution in [3.8, 4) is 10.6 Å². The number of hydrogen-bond donors (Lipinski definition) is 2. The minimum atomic E-state index is -0.0840. The first-order valence-electron chi connectivity index (χ1n) is 8.59. The zero-order valence-corrected chi connectivity index (χ0v) is 15.8. The molecule has 0 aromatic carbocycles. The molecule has 1 aliphatic heterocycles. The molecule has 134 valence electrons. The van der Waals surface area contributed by atoms with Gasteiger partial charge < -0.3 is 10.6 Å². The van der Waals surface area contributed by atoms with Crippen LogP contribution < -0.4 is 10.6 Å². The number of nitrogens with one attached hydrogen (secondary N) is 2. The fraction of sp³-hybridized carbons (Fsp3) is 0.333. The van der Waals surface area contributed by atoms with Gasteiger partial charge in [0.1, 0.15) is 5.01 Å². The molecule has 0 aliphatic carbocycles. The van der Waals surface area contributed by atoms with Crippen LogP contribution in [0.4, 0.5) is 5.13 Å². The van der Waals surface area contributed by atoms with E-state index in [1.54, 1.807) is 23.7 Å². The van der Waals surface area contributed by atoms with Gasteiger partial charge >= 0.3 is 0 Å². The fourth-order valence-corrected chi connectivity index (χ4v) is 4.79. The van der Waals surface area contributed by atoms with Gasteiger partial charge in [0.15, 0.2) is 5.13 Å². The van der Waals surface area contributed by atoms with Crippen molar-refractivity contribution in [1.29, 1.82) is 0 Å². The largest absolute Gasteiger partial charge is 0.317 e. The Labute approximate surface area is 159 Å². The van der Waals surface area contributed by atoms with E-state index in [1.165, 1.54) is 16.2 Å². The Hall–Kier alpha value is -2.16. The maximum Gasteiger partial charge on any atom is 0.232 e. The highest BCUT2D eigenvalue weighted by Crippen LogP contribution is 2.31. The average molecular weight is 386 g/mol. The zero-order chi connectivity index (χ0) is 17.8. The van der Waals surface area contributed by atoms with Crippen LogP contribution in [-0.2, 0) is 11.2 Å². The summed E-state index contributed by atoms with van der Waals surface area (Å²) < 4.78 is 0. The molecule has 0 bridgehead atoms. The minimum absolute atomic E-state index is 0.0840. The number of thiazole rings is 2. The molecule has 1 amide bonds. The number of pyridine rings is 1. The van der Waals surface area contributed by atoms with Crippen LogP contribution in [0.2, 0.25) is 0 Å². The van der Waals surface area contributed by atoms with Gasteiger partial charge in [-0.25, -0.2) is 9.97 Å². The van der Waals surface area contributed by atoms with E-state index in [0.717, 1.165) is 42.2 Å². The Kier molecular flexibility index (Phi) is 5.33. The van der Waals surface area contributed by atoms with Crippen LogP contribution >= 0.6 is 22.7 Å². The minimum Gasteiger partial charge on any atom is -0.317 e. The van der Waals surface area contributed by atoms with Crippen molar-refractivity contribution < 1.29 is 4.79 Å². The topological polar surface area (TPSA) is 79.8 Å². The molecule has 0 unspecified atom stereocenters. The highest BCUT2D eigenvalue weighted by atomic mass is 32.1. The van der Waals surface area contributed by atoms with E-state index in [9.17, 15) is 4.79 Å². The highest BCUT2D eigenvalue weighted by molar-refractivity contribution is 7.15. The first-order chi connectivity index (χ1) is 12.8. The Morgan fingerprint density at radius 2 is 2.19 bits per heavy atom. The van der Waals surface area contributed by atoms with E-state index in [2.05, 4.69) is 25.6 Å². The number of aromatic nitrogens is 3. The van der Waals surface area contributed by atoms with Gasteiger partial charge in [0, 0.05) is 34.4 Å². The Bertz CT molecular complexity index is 871. The van der Waals surface area contributed by atoms with Crippen LogP contribution in [-0.4, -0.2) is 33.9 Å². The Morgan fingerprint density at radius 3 is 3.00 bits per heavy atom. The molecule has 26 heavy (non-hydrogen) atoms. The summed E-state index contributed by atoms with van der Waals surface area (Å²) in [6.07, 6.45) is 7.92. The molecule has 0 radical (unpaired) electrons. The van der Waals surface area contributed by atoms with Crippen LogP contribution in [0.5, 0.6) is 0 Å². The van der Waals surface area contributed by atoms with Crippen molar-refractivity contribution in [2.45, 2.75) is 25.2 Å². The maximum absolute atomic E-state index is 12.3. The van der Waals surface area contributed by atoms with E-state index in [0.29, 0.717) is 11.0 Å². The Balaban J connectivity index is 1.36. The number of carbonyl (C=O) groups excluding carboxylic acids is 1. The number of piperidine rings is 1. The molecule has 4 rings (SSSR count). The molecule has 3 aromatic heterocycles. The van der Waals surface area contributed by atoms with Crippen molar-refractivity contribution in [1.82, 2.24) is 20.3 Å². The third-order valence-corrected chi connectivity index (χ3v) is 6.33. The molecule has 2 N–H and O–H groups in total. The van der Waals surface area contributed by atoms with E-state index in [1.807, 2.05) is 23.7 Å². The number of carbonyl (C=O) groups is 1. The average Bonchev–Trinajstić information content (AvgIpc) is 3.33. The van der Waals surface area contributed by atoms with Gasteiger partial charge in [-0.1, -0.05) is 0 Å². The third kappa shape index (κ3) is 4.14. The summed E-state index contributed by atoms with van der Waals surface area (Å²) in [6.45, 7) is 2.10. The number of hydrogen-bond acceptors (Lipinski definition) is 7. The third-order valence-electron chi connectivity index (χ3n) is 4.31. The first kappa shape index (κ1) is 17.3. The van der Waals surface area contributed by atoms with E-state index in [4.69, 9.17) is 0 Å². The van der Waals surface area contributed by atoms with Crippen LogP contribution in [0.25, 0.3) is 10.6 Å². The molecule has 1 aliphatic rings. The summed E-state index contributed by atoms with van der Waals surface area (Å²) in [6, 6.07) is 3.85. The molecular weight excluding hydrogens is 366 g/mol. The number of rotatable bonds is 5. The maximum atomic E-state index is 12.3. The quantitative estimate of drug-likeness (QED) is 0.704. The second-order valence-corrected chi connectivity index (χ2v) is 8.12. The predicted octanol–water partition coefficient (Wildman–Crippen LogP) is 3.31. The summed E-state index contributed by atoms with van der Waals surface area (Å²) in [5.74, 6) is 0.472. The van der Waals surface area contributed by atoms with Gasteiger partial charge in [-0.3, -0.25) is 9.78 Å². The molecule has 0 atom stereocenters. The number of amides is 1. The molecular formula is C18H19N5OS2. The van der Waals surface area contributed by atoms with Gasteiger partial charge in [-0.05, 0) is 44.0 Å². The fourth-order valence-electron chi connectivity index (χ4n) is 2.98. The summed E-state index contributed by atoms with van der Waals surface area (Å²) in [4.78, 5) is 26.6. The van der Waals surface area contributed by atoms with Crippen LogP contribution in [0.15, 0.2) is 36.1 Å². The van der Waals surface area contributed by atoms with Crippen molar-refractivity contribution in [2.24, 2.45) is 0 Å². The molecule has 4 heterocycles. The standard InChI is InChI=1S/C18H19N5OS2/c24-16(8-14-11-25-17(22-14)13-2-1-5-20-9-13)23-18-21-10-15(26-18)12-3-6-19-7-4-12/h1-2,5,9-12,19H,3-4,6-8H2,(H,21,23,24). The van der Waals surface area contributed by atoms with Gasteiger partial charge in [-0.2, -0.15) is 0 Å². The summed E-state index contributed by atoms with van der Waals surface area (Å²) in [7, 11) is 0. The SMILES string of the molecule is O=C(Cc1csc(-c2cccnc2)n1)Nc1ncc(C2CCNCC2)s1. The molecule has 8 heteroatoms. The van der Waals surface area contributed by atoms with Crippen LogP contribution in [0.3, 0.4) is 0 Å². The first-order valence-corrected chi connectivity index (χ1v) is 10.3. The van der Waals surface area contributed by atoms with Gasteiger partial charge in [0.2, 0.25) is 5.91 Å². The molecule has 1 fully saturated rings. The summed E-state index contributed by atoms with van der Waals surface area (Å²) >= 11 is 3.11. The molecule has 0 spiro atoms. The van der Waals surface area contributed by atoms with Crippen LogP contribution in [0, 0.1) is 0 Å². The van der Waals surface area contributed by atoms with Gasteiger partial charge in [0.05, 0.1) is 12.1 Å². The predicted molar refractivity (Wildman–Crippen MR) is 105 cm³/mol. The van der Waals surface area contributed by atoms with Crippen LogP contribution in [0.1, 0.15) is 29.3 Å². The lowest BCUT2D eigenvalue weighted by atomic mass is 9.97. The lowest BCUT2D eigenvalue weighted by Crippen LogP contribution is -2.26. The van der Waals surface area contributed by atoms with E-state index >= 15 is 0 Å². The lowest BCUT2D eigenvalue weighted by Gasteiger charge is -2.20. The van der Waals surface area contributed by atoms with E-state index < -0.39 is 0 Å². The van der Waals surface area contributed by atoms with Gasteiger partial charge in [-0.15, -0.1) is 22.7 Å². The Morgan fingerprint density at radius 1 is 1.31 bits per heavy atom. The van der Waals surface area contributed by atoms with Crippen molar-refractivity contribution in [3.05, 3.63) is 46.7 Å². The number of anilines is 1. The van der Waals surface area contributed by atoms with E-state index in [-0.39, 0.29) is 12.3 Å². The smallest absolute Gasteiger partial charge is 0.232 e. The molecule has 0 saturated carbocycles. The second-order valence-electron chi connectivity index (χ2n) is 6.20. The lowest BCUT2D eigenvalue weighted by molar-refractivity contribution is -0.115. The second kappa shape index (κ2) is 8.03. The van der Waals surface area contributed by atoms with Crippen molar-refractivity contribution >= 4 is 33.7 Å². The summed E-state index contributed by atoms with van der Waals surface area (Å²) in [5.41, 5.74) is 1.73. The molecule has 6 nitrogen and oxygen atoms in total. The molecule has 3 aromatic rings. The van der Waals surface area contributed by atoms with Gasteiger partial charge in [0.25, 0.3) is 0 Å². The zero-order valence-electron chi connectivity index (χ0n) is 14.1. The highest BCUT2D eigenvalue weighted by Gasteiger charge is 2.18. The van der Waals surface area contributed by atoms with Crippen molar-refractivity contribution in [3.63, 3.8) is 0 Å². The normalized spacial score (nSPS) is 15.1.